The monoisotopic (exact) mass is 715 g/mol. The van der Waals surface area contributed by atoms with Crippen molar-refractivity contribution >= 4 is 39.1 Å². The van der Waals surface area contributed by atoms with E-state index in [1.54, 1.807) is 0 Å². The van der Waals surface area contributed by atoms with Crippen LogP contribution in [0.3, 0.4) is 0 Å². The van der Waals surface area contributed by atoms with E-state index in [1.165, 1.54) is 21.9 Å². The Morgan fingerprint density at radius 3 is 1.66 bits per heavy atom. The third-order valence-electron chi connectivity index (χ3n) is 10.7. The van der Waals surface area contributed by atoms with Gasteiger partial charge in [-0.1, -0.05) is 158 Å². The molecule has 8 aromatic carbocycles. The molecule has 0 atom stereocenters. The Morgan fingerprint density at radius 2 is 0.911 bits per heavy atom. The van der Waals surface area contributed by atoms with Crippen molar-refractivity contribution in [2.75, 3.05) is 4.90 Å². The number of rotatable bonds is 5. The van der Waals surface area contributed by atoms with Crippen LogP contribution in [-0.2, 0) is 0 Å². The number of nitrogens with zero attached hydrogens (tertiary/aromatic N) is 5. The molecule has 0 amide bonds. The highest BCUT2D eigenvalue weighted by atomic mass is 15.3. The molecule has 0 fully saturated rings. The molecule has 11 rings (SSSR count). The zero-order valence-corrected chi connectivity index (χ0v) is 30.3. The zero-order chi connectivity index (χ0) is 37.0. The Morgan fingerprint density at radius 1 is 0.357 bits per heavy atom. The van der Waals surface area contributed by atoms with Crippen LogP contribution in [-0.4, -0.2) is 19.5 Å². The quantitative estimate of drug-likeness (QED) is 0.178. The molecule has 0 aliphatic carbocycles. The van der Waals surface area contributed by atoms with Gasteiger partial charge in [-0.15, -0.1) is 0 Å². The minimum Gasteiger partial charge on any atom is -0.280 e. The molecule has 3 heterocycles. The summed E-state index contributed by atoms with van der Waals surface area (Å²) in [5.41, 5.74) is 14.5. The summed E-state index contributed by atoms with van der Waals surface area (Å²) < 4.78 is 2.32. The van der Waals surface area contributed by atoms with E-state index in [1.807, 2.05) is 24.3 Å². The van der Waals surface area contributed by atoms with Gasteiger partial charge >= 0.3 is 0 Å². The van der Waals surface area contributed by atoms with Crippen molar-refractivity contribution in [3.63, 3.8) is 0 Å². The summed E-state index contributed by atoms with van der Waals surface area (Å²) in [6.07, 6.45) is 0. The van der Waals surface area contributed by atoms with Crippen molar-refractivity contribution in [3.8, 4) is 61.8 Å². The van der Waals surface area contributed by atoms with Crippen molar-refractivity contribution in [2.24, 2.45) is 0 Å². The number of hydrogen-bond donors (Lipinski definition) is 0. The summed E-state index contributed by atoms with van der Waals surface area (Å²) >= 11 is 0. The molecule has 1 aliphatic rings. The van der Waals surface area contributed by atoms with E-state index < -0.39 is 0 Å². The first-order valence-electron chi connectivity index (χ1n) is 18.9. The highest BCUT2D eigenvalue weighted by molar-refractivity contribution is 6.01. The lowest BCUT2D eigenvalue weighted by atomic mass is 10.0. The number of hydrogen-bond acceptors (Lipinski definition) is 4. The van der Waals surface area contributed by atoms with Crippen molar-refractivity contribution in [3.05, 3.63) is 200 Å². The molecule has 5 heteroatoms. The van der Waals surface area contributed by atoms with Gasteiger partial charge in [0, 0.05) is 33.5 Å². The van der Waals surface area contributed by atoms with Crippen molar-refractivity contribution < 1.29 is 0 Å². The summed E-state index contributed by atoms with van der Waals surface area (Å²) in [6.45, 7) is 0. The number of fused-ring (bicyclic) bond motifs is 8. The second kappa shape index (κ2) is 13.0. The van der Waals surface area contributed by atoms with E-state index >= 15 is 0 Å². The summed E-state index contributed by atoms with van der Waals surface area (Å²) in [4.78, 5) is 18.0. The molecule has 262 valence electrons. The van der Waals surface area contributed by atoms with Crippen molar-refractivity contribution in [2.45, 2.75) is 0 Å². The number of para-hydroxylation sites is 2. The van der Waals surface area contributed by atoms with Crippen LogP contribution in [0, 0.1) is 0 Å². The lowest BCUT2D eigenvalue weighted by Gasteiger charge is -2.25. The van der Waals surface area contributed by atoms with Gasteiger partial charge in [0.15, 0.2) is 5.82 Å². The number of imidazole rings is 1. The number of anilines is 3. The largest absolute Gasteiger partial charge is 0.280 e. The predicted octanol–water partition coefficient (Wildman–Crippen LogP) is 13.1. The van der Waals surface area contributed by atoms with Gasteiger partial charge in [0.05, 0.1) is 33.8 Å². The normalized spacial score (nSPS) is 11.9. The minimum atomic E-state index is 0.681. The number of aromatic nitrogens is 4. The lowest BCUT2D eigenvalue weighted by molar-refractivity contribution is 1.05. The minimum absolute atomic E-state index is 0.681. The summed E-state index contributed by atoms with van der Waals surface area (Å²) in [5, 5.41) is 2.35. The molecule has 10 aromatic rings. The Balaban J connectivity index is 1.10. The Kier molecular flexibility index (Phi) is 7.42. The SMILES string of the molecule is c1ccc(-c2ccc(-c3cc(-c4cccc(N5c6ccccc6-c6ccccc6-n6c5nc5cc7ccccc7cc56)c4)nc(-c4ccccc4)n3)cc2)cc1. The van der Waals surface area contributed by atoms with Crippen LogP contribution in [0.4, 0.5) is 17.3 Å². The van der Waals surface area contributed by atoms with E-state index in [9.17, 15) is 0 Å². The molecule has 2 aromatic heterocycles. The maximum absolute atomic E-state index is 5.42. The highest BCUT2D eigenvalue weighted by Crippen LogP contribution is 2.48. The third kappa shape index (κ3) is 5.37. The van der Waals surface area contributed by atoms with Gasteiger partial charge < -0.3 is 0 Å². The molecule has 1 aliphatic heterocycles. The van der Waals surface area contributed by atoms with Crippen LogP contribution in [0.2, 0.25) is 0 Å². The second-order valence-electron chi connectivity index (χ2n) is 14.1. The average Bonchev–Trinajstić information content (AvgIpc) is 3.58. The molecule has 0 unspecified atom stereocenters. The van der Waals surface area contributed by atoms with Gasteiger partial charge in [-0.2, -0.15) is 0 Å². The van der Waals surface area contributed by atoms with Crippen LogP contribution in [0.25, 0.3) is 83.6 Å². The molecule has 5 nitrogen and oxygen atoms in total. The third-order valence-corrected chi connectivity index (χ3v) is 10.7. The van der Waals surface area contributed by atoms with Crippen molar-refractivity contribution in [1.29, 1.82) is 0 Å². The van der Waals surface area contributed by atoms with E-state index in [0.717, 1.165) is 73.2 Å². The van der Waals surface area contributed by atoms with Gasteiger partial charge in [0.1, 0.15) is 0 Å². The van der Waals surface area contributed by atoms with Gasteiger partial charge in [-0.25, -0.2) is 15.0 Å². The molecular formula is C51H33N5. The molecule has 56 heavy (non-hydrogen) atoms. The van der Waals surface area contributed by atoms with E-state index in [-0.39, 0.29) is 0 Å². The van der Waals surface area contributed by atoms with E-state index in [2.05, 4.69) is 185 Å². The number of benzene rings is 8. The van der Waals surface area contributed by atoms with Gasteiger partial charge in [-0.3, -0.25) is 9.47 Å². The fraction of sp³-hybridized carbons (Fsp3) is 0. The molecule has 0 saturated carbocycles. The first kappa shape index (κ1) is 31.9. The van der Waals surface area contributed by atoms with Crippen LogP contribution in [0.1, 0.15) is 0 Å². The van der Waals surface area contributed by atoms with Crippen LogP contribution < -0.4 is 4.90 Å². The van der Waals surface area contributed by atoms with Crippen LogP contribution in [0.15, 0.2) is 200 Å². The molecule has 0 bridgehead atoms. The topological polar surface area (TPSA) is 46.8 Å². The smallest absolute Gasteiger partial charge is 0.220 e. The summed E-state index contributed by atoms with van der Waals surface area (Å²) in [6, 6.07) is 70.3. The molecular weight excluding hydrogens is 683 g/mol. The maximum atomic E-state index is 5.42. The van der Waals surface area contributed by atoms with Gasteiger partial charge in [-0.05, 0) is 64.4 Å². The second-order valence-corrected chi connectivity index (χ2v) is 14.1. The van der Waals surface area contributed by atoms with E-state index in [0.29, 0.717) is 5.82 Å². The molecule has 0 radical (unpaired) electrons. The highest BCUT2D eigenvalue weighted by Gasteiger charge is 2.29. The Bertz CT molecular complexity index is 3080. The maximum Gasteiger partial charge on any atom is 0.220 e. The van der Waals surface area contributed by atoms with Crippen LogP contribution in [0.5, 0.6) is 0 Å². The van der Waals surface area contributed by atoms with Gasteiger partial charge in [0.25, 0.3) is 0 Å². The first-order valence-corrected chi connectivity index (χ1v) is 18.9. The molecule has 0 spiro atoms. The van der Waals surface area contributed by atoms with E-state index in [4.69, 9.17) is 15.0 Å². The average molecular weight is 716 g/mol. The fourth-order valence-corrected chi connectivity index (χ4v) is 8.02. The van der Waals surface area contributed by atoms with Crippen molar-refractivity contribution in [1.82, 2.24) is 19.5 Å². The lowest BCUT2D eigenvalue weighted by Crippen LogP contribution is -2.14. The van der Waals surface area contributed by atoms with Gasteiger partial charge in [0.2, 0.25) is 5.95 Å². The van der Waals surface area contributed by atoms with Crippen LogP contribution >= 0.6 is 0 Å². The summed E-state index contributed by atoms with van der Waals surface area (Å²) in [7, 11) is 0. The Labute approximate surface area is 324 Å². The molecule has 0 saturated heterocycles. The standard InChI is InChI=1S/C51H33N5/c1-3-14-34(15-4-1)35-26-28-36(29-27-35)44-33-45(53-50(52-44)37-16-5-2-6-17-37)40-20-13-21-41(30-40)55-47-24-11-9-22-42(47)43-23-10-12-25-48(43)56-49-32-39-19-8-7-18-38(39)31-46(49)54-51(55)56/h1-33H. The zero-order valence-electron chi connectivity index (χ0n) is 30.3. The molecule has 0 N–H and O–H groups in total. The summed E-state index contributed by atoms with van der Waals surface area (Å²) in [5.74, 6) is 1.51. The Hall–Kier alpha value is -7.63. The first-order chi connectivity index (χ1) is 27.7. The fourth-order valence-electron chi connectivity index (χ4n) is 8.02. The predicted molar refractivity (Wildman–Crippen MR) is 230 cm³/mol.